The summed E-state index contributed by atoms with van der Waals surface area (Å²) in [5.74, 6) is 0.814. The zero-order chi connectivity index (χ0) is 12.6. The third-order valence-electron chi connectivity index (χ3n) is 3.29. The maximum Gasteiger partial charge on any atom is 0.0620 e. The first-order valence-electron chi connectivity index (χ1n) is 6.75. The molecule has 96 valence electrons. The molecule has 0 saturated carbocycles. The number of allylic oxidation sites excluding steroid dienone is 2. The highest BCUT2D eigenvalue weighted by Gasteiger charge is 2.15. The monoisotopic (exact) mass is 226 g/mol. The number of rotatable bonds is 8. The summed E-state index contributed by atoms with van der Waals surface area (Å²) in [6.45, 7) is 10.7. The topological polar surface area (TPSA) is 20.2 Å². The summed E-state index contributed by atoms with van der Waals surface area (Å²) in [5, 5.41) is 9.86. The van der Waals surface area contributed by atoms with E-state index in [1.807, 2.05) is 13.8 Å². The Morgan fingerprint density at radius 3 is 2.50 bits per heavy atom. The van der Waals surface area contributed by atoms with Crippen molar-refractivity contribution in [2.24, 2.45) is 5.92 Å². The molecule has 0 rings (SSSR count). The molecule has 0 bridgehead atoms. The molecule has 0 saturated heterocycles. The maximum absolute atomic E-state index is 9.86. The van der Waals surface area contributed by atoms with Crippen LogP contribution in [0.3, 0.4) is 0 Å². The summed E-state index contributed by atoms with van der Waals surface area (Å²) in [4.78, 5) is 0. The molecule has 16 heavy (non-hydrogen) atoms. The van der Waals surface area contributed by atoms with Gasteiger partial charge in [-0.2, -0.15) is 0 Å². The van der Waals surface area contributed by atoms with E-state index in [0.29, 0.717) is 0 Å². The normalized spacial score (nSPS) is 16.6. The lowest BCUT2D eigenvalue weighted by Crippen LogP contribution is -2.21. The van der Waals surface area contributed by atoms with E-state index >= 15 is 0 Å². The predicted octanol–water partition coefficient (Wildman–Crippen LogP) is 4.70. The molecule has 0 aromatic heterocycles. The lowest BCUT2D eigenvalue weighted by Gasteiger charge is -2.20. The van der Waals surface area contributed by atoms with Gasteiger partial charge in [0.15, 0.2) is 0 Å². The van der Waals surface area contributed by atoms with E-state index in [1.165, 1.54) is 24.8 Å². The van der Waals surface area contributed by atoms with Crippen LogP contribution in [0.15, 0.2) is 11.6 Å². The molecule has 0 radical (unpaired) electrons. The van der Waals surface area contributed by atoms with Crippen molar-refractivity contribution in [1.82, 2.24) is 0 Å². The van der Waals surface area contributed by atoms with Crippen LogP contribution in [0.25, 0.3) is 0 Å². The van der Waals surface area contributed by atoms with E-state index in [4.69, 9.17) is 0 Å². The van der Waals surface area contributed by atoms with Crippen molar-refractivity contribution in [2.75, 3.05) is 0 Å². The Morgan fingerprint density at radius 2 is 2.00 bits per heavy atom. The largest absolute Gasteiger partial charge is 0.390 e. The summed E-state index contributed by atoms with van der Waals surface area (Å²) in [6.07, 6.45) is 8.85. The van der Waals surface area contributed by atoms with Crippen molar-refractivity contribution in [2.45, 2.75) is 78.7 Å². The quantitative estimate of drug-likeness (QED) is 0.595. The van der Waals surface area contributed by atoms with Gasteiger partial charge in [-0.3, -0.25) is 0 Å². The molecule has 0 aliphatic rings. The van der Waals surface area contributed by atoms with Crippen LogP contribution in [0.2, 0.25) is 0 Å². The summed E-state index contributed by atoms with van der Waals surface area (Å²) in [5.41, 5.74) is 1.00. The smallest absolute Gasteiger partial charge is 0.0620 e. The molecule has 1 N–H and O–H groups in total. The van der Waals surface area contributed by atoms with Gasteiger partial charge in [-0.05, 0) is 51.9 Å². The van der Waals surface area contributed by atoms with Crippen molar-refractivity contribution < 1.29 is 5.11 Å². The van der Waals surface area contributed by atoms with Gasteiger partial charge in [-0.15, -0.1) is 0 Å². The molecule has 1 unspecified atom stereocenters. The minimum Gasteiger partial charge on any atom is -0.390 e. The molecule has 1 atom stereocenters. The van der Waals surface area contributed by atoms with Gasteiger partial charge < -0.3 is 5.11 Å². The SMILES string of the molecule is CCC(C)(O)CCC=C(C)CCCC(C)C. The fourth-order valence-corrected chi connectivity index (χ4v) is 1.70. The standard InChI is InChI=1S/C15H30O/c1-6-15(5,16)12-8-11-14(4)10-7-9-13(2)3/h11,13,16H,6-10,12H2,1-5H3. The van der Waals surface area contributed by atoms with Crippen LogP contribution in [0.1, 0.15) is 73.1 Å². The first-order chi connectivity index (χ1) is 7.37. The Kier molecular flexibility index (Phi) is 7.74. The Bertz CT molecular complexity index is 201. The first-order valence-corrected chi connectivity index (χ1v) is 6.75. The van der Waals surface area contributed by atoms with Crippen molar-refractivity contribution in [1.29, 1.82) is 0 Å². The van der Waals surface area contributed by atoms with E-state index in [0.717, 1.165) is 25.2 Å². The van der Waals surface area contributed by atoms with Crippen LogP contribution in [0.5, 0.6) is 0 Å². The maximum atomic E-state index is 9.86. The van der Waals surface area contributed by atoms with Gasteiger partial charge in [0.05, 0.1) is 5.60 Å². The van der Waals surface area contributed by atoms with Gasteiger partial charge in [0.25, 0.3) is 0 Å². The minimum absolute atomic E-state index is 0.477. The number of hydrogen-bond acceptors (Lipinski definition) is 1. The molecule has 0 spiro atoms. The fourth-order valence-electron chi connectivity index (χ4n) is 1.70. The van der Waals surface area contributed by atoms with Crippen LogP contribution in [0, 0.1) is 5.92 Å². The highest BCUT2D eigenvalue weighted by molar-refractivity contribution is 4.98. The molecule has 0 aromatic rings. The van der Waals surface area contributed by atoms with E-state index < -0.39 is 5.60 Å². The summed E-state index contributed by atoms with van der Waals surface area (Å²) < 4.78 is 0. The summed E-state index contributed by atoms with van der Waals surface area (Å²) in [6, 6.07) is 0. The summed E-state index contributed by atoms with van der Waals surface area (Å²) in [7, 11) is 0. The van der Waals surface area contributed by atoms with E-state index in [2.05, 4.69) is 26.8 Å². The third-order valence-corrected chi connectivity index (χ3v) is 3.29. The average Bonchev–Trinajstić information content (AvgIpc) is 2.17. The van der Waals surface area contributed by atoms with Gasteiger partial charge in [-0.1, -0.05) is 38.8 Å². The number of hydrogen-bond donors (Lipinski definition) is 1. The third kappa shape index (κ3) is 8.96. The Balaban J connectivity index is 3.71. The molecular formula is C15H30O. The zero-order valence-electron chi connectivity index (χ0n) is 11.8. The Hall–Kier alpha value is -0.300. The Morgan fingerprint density at radius 1 is 1.38 bits per heavy atom. The highest BCUT2D eigenvalue weighted by atomic mass is 16.3. The fraction of sp³-hybridized carbons (Fsp3) is 0.867. The van der Waals surface area contributed by atoms with Crippen molar-refractivity contribution in [3.05, 3.63) is 11.6 Å². The van der Waals surface area contributed by atoms with E-state index in [-0.39, 0.29) is 0 Å². The number of aliphatic hydroxyl groups is 1. The van der Waals surface area contributed by atoms with Gasteiger partial charge in [0.2, 0.25) is 0 Å². The van der Waals surface area contributed by atoms with Crippen molar-refractivity contribution >= 4 is 0 Å². The molecule has 0 aromatic carbocycles. The van der Waals surface area contributed by atoms with Gasteiger partial charge >= 0.3 is 0 Å². The molecule has 0 fully saturated rings. The minimum atomic E-state index is -0.477. The molecule has 1 heteroatoms. The van der Waals surface area contributed by atoms with Gasteiger partial charge in [0, 0.05) is 0 Å². The second-order valence-electron chi connectivity index (χ2n) is 5.73. The summed E-state index contributed by atoms with van der Waals surface area (Å²) >= 11 is 0. The van der Waals surface area contributed by atoms with Crippen LogP contribution in [-0.2, 0) is 0 Å². The van der Waals surface area contributed by atoms with Crippen LogP contribution < -0.4 is 0 Å². The van der Waals surface area contributed by atoms with Crippen molar-refractivity contribution in [3.8, 4) is 0 Å². The highest BCUT2D eigenvalue weighted by Crippen LogP contribution is 2.18. The van der Waals surface area contributed by atoms with Crippen molar-refractivity contribution in [3.63, 3.8) is 0 Å². The molecule has 0 aliphatic heterocycles. The molecule has 0 amide bonds. The second kappa shape index (κ2) is 7.89. The van der Waals surface area contributed by atoms with Gasteiger partial charge in [0.1, 0.15) is 0 Å². The average molecular weight is 226 g/mol. The zero-order valence-corrected chi connectivity index (χ0v) is 11.8. The van der Waals surface area contributed by atoms with E-state index in [1.54, 1.807) is 0 Å². The second-order valence-corrected chi connectivity index (χ2v) is 5.73. The molecular weight excluding hydrogens is 196 g/mol. The van der Waals surface area contributed by atoms with Crippen LogP contribution in [-0.4, -0.2) is 10.7 Å². The Labute approximate surface area is 102 Å². The van der Waals surface area contributed by atoms with Gasteiger partial charge in [-0.25, -0.2) is 0 Å². The molecule has 1 nitrogen and oxygen atoms in total. The molecule has 0 heterocycles. The van der Waals surface area contributed by atoms with Crippen LogP contribution >= 0.6 is 0 Å². The predicted molar refractivity (Wildman–Crippen MR) is 72.6 cm³/mol. The van der Waals surface area contributed by atoms with E-state index in [9.17, 15) is 5.11 Å². The molecule has 0 aliphatic carbocycles. The first kappa shape index (κ1) is 15.7. The lowest BCUT2D eigenvalue weighted by atomic mass is 9.96. The van der Waals surface area contributed by atoms with Crippen LogP contribution in [0.4, 0.5) is 0 Å². The lowest BCUT2D eigenvalue weighted by molar-refractivity contribution is 0.0480.